The molecule has 2 N–H and O–H groups in total. The van der Waals surface area contributed by atoms with Gasteiger partial charge in [0.25, 0.3) is 0 Å². The summed E-state index contributed by atoms with van der Waals surface area (Å²) < 4.78 is 4.55. The molecule has 0 aliphatic heterocycles. The fourth-order valence-corrected chi connectivity index (χ4v) is 1.62. The van der Waals surface area contributed by atoms with E-state index in [2.05, 4.69) is 4.74 Å². The van der Waals surface area contributed by atoms with E-state index in [0.717, 1.165) is 5.56 Å². The Kier molecular flexibility index (Phi) is 3.49. The molecule has 0 bridgehead atoms. The molecule has 1 unspecified atom stereocenters. The predicted molar refractivity (Wildman–Crippen MR) is 55.1 cm³/mol. The molecule has 1 atom stereocenters. The first kappa shape index (κ1) is 11.0. The molecule has 0 fully saturated rings. The normalized spacial score (nSPS) is 12.3. The van der Waals surface area contributed by atoms with Crippen LogP contribution in [-0.2, 0) is 9.53 Å². The average Bonchev–Trinajstić information content (AvgIpc) is 2.16. The largest absolute Gasteiger partial charge is 0.468 e. The van der Waals surface area contributed by atoms with E-state index in [-0.39, 0.29) is 0 Å². The molecule has 0 spiro atoms. The number of benzene rings is 1. The minimum atomic E-state index is -0.811. The summed E-state index contributed by atoms with van der Waals surface area (Å²) in [5.74, 6) is -0.485. The summed E-state index contributed by atoms with van der Waals surface area (Å²) in [7, 11) is 1.30. The number of esters is 1. The summed E-state index contributed by atoms with van der Waals surface area (Å²) in [6.45, 7) is 1.85. The van der Waals surface area contributed by atoms with Gasteiger partial charge in [0.15, 0.2) is 0 Å². The van der Waals surface area contributed by atoms with Crippen molar-refractivity contribution >= 4 is 17.6 Å². The van der Waals surface area contributed by atoms with Crippen LogP contribution in [0.1, 0.15) is 17.2 Å². The zero-order chi connectivity index (χ0) is 10.7. The third-order valence-corrected chi connectivity index (χ3v) is 2.37. The molecule has 4 heteroatoms. The second-order valence-electron chi connectivity index (χ2n) is 2.97. The van der Waals surface area contributed by atoms with Crippen LogP contribution in [-0.4, -0.2) is 13.1 Å². The van der Waals surface area contributed by atoms with Crippen LogP contribution in [0.15, 0.2) is 18.2 Å². The van der Waals surface area contributed by atoms with Crippen LogP contribution in [0, 0.1) is 6.92 Å². The molecule has 1 aromatic carbocycles. The molecule has 0 saturated heterocycles. The lowest BCUT2D eigenvalue weighted by Crippen LogP contribution is -2.23. The number of hydrogen-bond acceptors (Lipinski definition) is 3. The van der Waals surface area contributed by atoms with E-state index >= 15 is 0 Å². The van der Waals surface area contributed by atoms with Crippen LogP contribution in [0.5, 0.6) is 0 Å². The highest BCUT2D eigenvalue weighted by Crippen LogP contribution is 2.25. The van der Waals surface area contributed by atoms with Gasteiger partial charge in [0.2, 0.25) is 0 Å². The highest BCUT2D eigenvalue weighted by Gasteiger charge is 2.20. The first-order valence-corrected chi connectivity index (χ1v) is 4.54. The van der Waals surface area contributed by atoms with Crippen molar-refractivity contribution in [3.8, 4) is 0 Å². The number of carbonyl (C=O) groups excluding carboxylic acids is 1. The Bertz CT molecular complexity index is 332. The van der Waals surface area contributed by atoms with E-state index < -0.39 is 12.0 Å². The van der Waals surface area contributed by atoms with Crippen LogP contribution < -0.4 is 5.73 Å². The van der Waals surface area contributed by atoms with Crippen molar-refractivity contribution in [3.63, 3.8) is 0 Å². The molecule has 0 saturated carbocycles. The maximum atomic E-state index is 11.2. The predicted octanol–water partition coefficient (Wildman–Crippen LogP) is 1.82. The Morgan fingerprint density at radius 1 is 1.57 bits per heavy atom. The number of rotatable bonds is 2. The summed E-state index contributed by atoms with van der Waals surface area (Å²) in [6, 6.07) is 4.55. The van der Waals surface area contributed by atoms with Crippen molar-refractivity contribution in [2.45, 2.75) is 13.0 Å². The Balaban J connectivity index is 3.11. The second-order valence-corrected chi connectivity index (χ2v) is 3.38. The van der Waals surface area contributed by atoms with Crippen molar-refractivity contribution in [1.29, 1.82) is 0 Å². The van der Waals surface area contributed by atoms with E-state index in [0.29, 0.717) is 10.6 Å². The van der Waals surface area contributed by atoms with Gasteiger partial charge in [-0.25, -0.2) is 0 Å². The number of carbonyl (C=O) groups is 1. The number of ether oxygens (including phenoxy) is 1. The maximum Gasteiger partial charge on any atom is 0.327 e. The molecule has 0 heterocycles. The standard InChI is InChI=1S/C10H12ClNO2/c1-6-4-3-5-7(11)8(6)9(12)10(13)14-2/h3-5,9H,12H2,1-2H3. The van der Waals surface area contributed by atoms with Gasteiger partial charge in [-0.2, -0.15) is 0 Å². The molecule has 76 valence electrons. The van der Waals surface area contributed by atoms with Crippen LogP contribution in [0.4, 0.5) is 0 Å². The summed E-state index contributed by atoms with van der Waals surface area (Å²) in [6.07, 6.45) is 0. The SMILES string of the molecule is COC(=O)C(N)c1c(C)cccc1Cl. The monoisotopic (exact) mass is 213 g/mol. The molecule has 1 aromatic rings. The summed E-state index contributed by atoms with van der Waals surface area (Å²) in [5.41, 5.74) is 7.20. The Morgan fingerprint density at radius 2 is 2.21 bits per heavy atom. The molecule has 1 rings (SSSR count). The fourth-order valence-electron chi connectivity index (χ4n) is 1.28. The Hall–Kier alpha value is -1.06. The number of nitrogens with two attached hydrogens (primary N) is 1. The number of methoxy groups -OCH3 is 1. The third-order valence-electron chi connectivity index (χ3n) is 2.04. The van der Waals surface area contributed by atoms with E-state index in [9.17, 15) is 4.79 Å². The van der Waals surface area contributed by atoms with E-state index in [1.54, 1.807) is 6.07 Å². The molecule has 0 aliphatic carbocycles. The third kappa shape index (κ3) is 2.05. The van der Waals surface area contributed by atoms with Gasteiger partial charge in [-0.15, -0.1) is 0 Å². The molecule has 0 aliphatic rings. The molecule has 14 heavy (non-hydrogen) atoms. The van der Waals surface area contributed by atoms with Gasteiger partial charge in [-0.05, 0) is 18.6 Å². The minimum absolute atomic E-state index is 0.485. The van der Waals surface area contributed by atoms with Crippen LogP contribution >= 0.6 is 11.6 Å². The molecule has 3 nitrogen and oxygen atoms in total. The summed E-state index contributed by atoms with van der Waals surface area (Å²) >= 11 is 5.94. The summed E-state index contributed by atoms with van der Waals surface area (Å²) in [5, 5.41) is 0.489. The van der Waals surface area contributed by atoms with Crippen molar-refractivity contribution in [1.82, 2.24) is 0 Å². The van der Waals surface area contributed by atoms with Crippen LogP contribution in [0.2, 0.25) is 5.02 Å². The second kappa shape index (κ2) is 4.44. The van der Waals surface area contributed by atoms with Gasteiger partial charge < -0.3 is 10.5 Å². The van der Waals surface area contributed by atoms with Crippen molar-refractivity contribution in [3.05, 3.63) is 34.3 Å². The first-order chi connectivity index (χ1) is 6.57. The van der Waals surface area contributed by atoms with Crippen molar-refractivity contribution in [2.24, 2.45) is 5.73 Å². The Labute approximate surface area is 87.8 Å². The zero-order valence-electron chi connectivity index (χ0n) is 8.08. The van der Waals surface area contributed by atoms with Crippen molar-refractivity contribution < 1.29 is 9.53 Å². The van der Waals surface area contributed by atoms with Crippen LogP contribution in [0.25, 0.3) is 0 Å². The average molecular weight is 214 g/mol. The van der Waals surface area contributed by atoms with Gasteiger partial charge in [0, 0.05) is 10.6 Å². The van der Waals surface area contributed by atoms with Gasteiger partial charge in [-0.1, -0.05) is 23.7 Å². The van der Waals surface area contributed by atoms with Gasteiger partial charge >= 0.3 is 5.97 Å². The molecular formula is C10H12ClNO2. The number of aryl methyl sites for hydroxylation is 1. The smallest absolute Gasteiger partial charge is 0.327 e. The van der Waals surface area contributed by atoms with E-state index in [4.69, 9.17) is 17.3 Å². The highest BCUT2D eigenvalue weighted by atomic mass is 35.5. The van der Waals surface area contributed by atoms with E-state index in [1.807, 2.05) is 19.1 Å². The van der Waals surface area contributed by atoms with Gasteiger partial charge in [0.05, 0.1) is 7.11 Å². The number of hydrogen-bond donors (Lipinski definition) is 1. The highest BCUT2D eigenvalue weighted by molar-refractivity contribution is 6.31. The minimum Gasteiger partial charge on any atom is -0.468 e. The molecule has 0 aromatic heterocycles. The zero-order valence-corrected chi connectivity index (χ0v) is 8.84. The molecular weight excluding hydrogens is 202 g/mol. The molecule has 0 radical (unpaired) electrons. The van der Waals surface area contributed by atoms with Gasteiger partial charge in [0.1, 0.15) is 6.04 Å². The maximum absolute atomic E-state index is 11.2. The number of halogens is 1. The first-order valence-electron chi connectivity index (χ1n) is 4.16. The lowest BCUT2D eigenvalue weighted by atomic mass is 10.0. The fraction of sp³-hybridized carbons (Fsp3) is 0.300. The Morgan fingerprint density at radius 3 is 2.71 bits per heavy atom. The summed E-state index contributed by atoms with van der Waals surface area (Å²) in [4.78, 5) is 11.2. The molecule has 0 amide bonds. The van der Waals surface area contributed by atoms with E-state index in [1.165, 1.54) is 7.11 Å². The van der Waals surface area contributed by atoms with Gasteiger partial charge in [-0.3, -0.25) is 4.79 Å². The lowest BCUT2D eigenvalue weighted by molar-refractivity contribution is -0.142. The van der Waals surface area contributed by atoms with Crippen molar-refractivity contribution in [2.75, 3.05) is 7.11 Å². The quantitative estimate of drug-likeness (QED) is 0.763. The topological polar surface area (TPSA) is 52.3 Å². The van der Waals surface area contributed by atoms with Crippen LogP contribution in [0.3, 0.4) is 0 Å². The lowest BCUT2D eigenvalue weighted by Gasteiger charge is -2.13.